The predicted molar refractivity (Wildman–Crippen MR) is 359 cm³/mol. The number of allylic oxidation sites excluding steroid dienone is 12. The Morgan fingerprint density at radius 2 is 0.679 bits per heavy atom. The molecule has 9 nitrogen and oxygen atoms in total. The third kappa shape index (κ3) is 66.3. The van der Waals surface area contributed by atoms with Gasteiger partial charge in [0.2, 0.25) is 0 Å². The van der Waals surface area contributed by atoms with Crippen LogP contribution in [0.5, 0.6) is 0 Å². The molecule has 2 atom stereocenters. The molecule has 0 saturated carbocycles. The van der Waals surface area contributed by atoms with E-state index in [2.05, 4.69) is 86.8 Å². The summed E-state index contributed by atoms with van der Waals surface area (Å²) < 4.78 is 23.0. The molecule has 9 heteroatoms. The number of hydrogen-bond donors (Lipinski definition) is 1. The Hall–Kier alpha value is -3.27. The molecule has 488 valence electrons. The maximum Gasteiger partial charge on any atom is 0.361 e. The van der Waals surface area contributed by atoms with Crippen LogP contribution in [-0.4, -0.2) is 87.4 Å². The lowest BCUT2D eigenvalue weighted by Crippen LogP contribution is -2.40. The van der Waals surface area contributed by atoms with Crippen LogP contribution in [0.1, 0.15) is 328 Å². The molecular formula is C75H136NO8+. The third-order valence-corrected chi connectivity index (χ3v) is 15.7. The summed E-state index contributed by atoms with van der Waals surface area (Å²) in [6.07, 6.45) is 84.7. The first-order valence-electron chi connectivity index (χ1n) is 35.6. The van der Waals surface area contributed by atoms with E-state index in [0.717, 1.165) is 83.5 Å². The zero-order valence-electron chi connectivity index (χ0n) is 55.8. The maximum atomic E-state index is 12.9. The average molecular weight is 1180 g/mol. The van der Waals surface area contributed by atoms with Gasteiger partial charge in [0.25, 0.3) is 6.29 Å². The van der Waals surface area contributed by atoms with E-state index in [1.165, 1.54) is 218 Å². The minimum atomic E-state index is -1.51. The highest BCUT2D eigenvalue weighted by Crippen LogP contribution is 2.18. The number of ether oxygens (including phenoxy) is 4. The first-order chi connectivity index (χ1) is 41.1. The van der Waals surface area contributed by atoms with Gasteiger partial charge in [-0.25, -0.2) is 4.79 Å². The highest BCUT2D eigenvalue weighted by Gasteiger charge is 2.25. The van der Waals surface area contributed by atoms with Gasteiger partial charge in [0.05, 0.1) is 34.4 Å². The second-order valence-corrected chi connectivity index (χ2v) is 25.2. The minimum absolute atomic E-state index is 0.184. The van der Waals surface area contributed by atoms with Crippen LogP contribution in [-0.2, 0) is 33.3 Å². The van der Waals surface area contributed by atoms with E-state index in [-0.39, 0.29) is 32.2 Å². The Kier molecular flexibility index (Phi) is 63.1. The number of unbranched alkanes of at least 4 members (excludes halogenated alkanes) is 39. The molecule has 0 aliphatic carbocycles. The molecule has 0 radical (unpaired) electrons. The standard InChI is InChI=1S/C75H135NO8/c1-6-8-10-12-14-16-18-20-22-24-26-27-28-29-30-31-32-33-34-35-36-37-38-39-40-41-42-43-44-45-46-47-48-50-52-54-56-58-60-62-64-66-73(78)84-71(70-83-75(74(79)80)81-68-67-76(3,4)5)69-82-72(77)65-63-61-59-57-55-53-51-49-25-23-21-19-17-15-13-11-9-7-2/h8,10,14,16-17,19-20,22-23,25-27,71,75H,6-7,9,11-13,15,18,21,24,28-70H2,1-5H3/p+1/b10-8-,16-14-,19-17-,22-20-,25-23-,27-26-. The van der Waals surface area contributed by atoms with Crippen molar-refractivity contribution < 1.29 is 42.9 Å². The molecule has 0 aromatic heterocycles. The van der Waals surface area contributed by atoms with E-state index < -0.39 is 24.3 Å². The molecule has 2 unspecified atom stereocenters. The number of carbonyl (C=O) groups excluding carboxylic acids is 2. The van der Waals surface area contributed by atoms with Crippen LogP contribution >= 0.6 is 0 Å². The fourth-order valence-electron chi connectivity index (χ4n) is 10.3. The molecule has 0 rings (SSSR count). The van der Waals surface area contributed by atoms with Gasteiger partial charge >= 0.3 is 17.9 Å². The van der Waals surface area contributed by atoms with Gasteiger partial charge in [-0.15, -0.1) is 0 Å². The summed E-state index contributed by atoms with van der Waals surface area (Å²) in [5, 5.41) is 9.73. The summed E-state index contributed by atoms with van der Waals surface area (Å²) in [6.45, 7) is 4.78. The Bertz CT molecular complexity index is 1610. The Morgan fingerprint density at radius 1 is 0.369 bits per heavy atom. The normalized spacial score (nSPS) is 13.1. The van der Waals surface area contributed by atoms with Crippen molar-refractivity contribution in [1.29, 1.82) is 0 Å². The van der Waals surface area contributed by atoms with Gasteiger partial charge in [-0.05, 0) is 83.5 Å². The Labute approximate surface area is 519 Å². The van der Waals surface area contributed by atoms with E-state index in [9.17, 15) is 19.5 Å². The minimum Gasteiger partial charge on any atom is -0.477 e. The lowest BCUT2D eigenvalue weighted by molar-refractivity contribution is -0.870. The lowest BCUT2D eigenvalue weighted by atomic mass is 10.0. The third-order valence-electron chi connectivity index (χ3n) is 15.7. The van der Waals surface area contributed by atoms with E-state index in [1.54, 1.807) is 0 Å². The number of carboxylic acids is 1. The van der Waals surface area contributed by atoms with Crippen molar-refractivity contribution in [3.8, 4) is 0 Å². The smallest absolute Gasteiger partial charge is 0.361 e. The molecule has 0 saturated heterocycles. The summed E-state index contributed by atoms with van der Waals surface area (Å²) in [5.74, 6) is -2.00. The molecule has 0 spiro atoms. The molecule has 0 aromatic rings. The van der Waals surface area contributed by atoms with Crippen molar-refractivity contribution in [2.75, 3.05) is 47.5 Å². The molecule has 84 heavy (non-hydrogen) atoms. The molecule has 1 N–H and O–H groups in total. The monoisotopic (exact) mass is 1180 g/mol. The van der Waals surface area contributed by atoms with E-state index >= 15 is 0 Å². The molecule has 0 bridgehead atoms. The number of likely N-dealkylation sites (N-methyl/N-ethyl adjacent to an activating group) is 1. The van der Waals surface area contributed by atoms with Crippen LogP contribution in [0.4, 0.5) is 0 Å². The average Bonchev–Trinajstić information content (AvgIpc) is 3.52. The van der Waals surface area contributed by atoms with Crippen LogP contribution < -0.4 is 0 Å². The molecule has 0 heterocycles. The van der Waals surface area contributed by atoms with Crippen molar-refractivity contribution in [1.82, 2.24) is 0 Å². The van der Waals surface area contributed by atoms with Crippen LogP contribution in [0.15, 0.2) is 72.9 Å². The first-order valence-corrected chi connectivity index (χ1v) is 35.6. The summed E-state index contributed by atoms with van der Waals surface area (Å²) in [4.78, 5) is 37.5. The number of quaternary nitrogens is 1. The van der Waals surface area contributed by atoms with Crippen LogP contribution in [0.3, 0.4) is 0 Å². The zero-order valence-corrected chi connectivity index (χ0v) is 55.8. The van der Waals surface area contributed by atoms with Gasteiger partial charge in [-0.3, -0.25) is 9.59 Å². The zero-order chi connectivity index (χ0) is 61.2. The topological polar surface area (TPSA) is 108 Å². The number of carbonyl (C=O) groups is 3. The quantitative estimate of drug-likeness (QED) is 0.0211. The van der Waals surface area contributed by atoms with Crippen molar-refractivity contribution in [2.24, 2.45) is 0 Å². The van der Waals surface area contributed by atoms with Gasteiger partial charge in [0.1, 0.15) is 13.2 Å². The van der Waals surface area contributed by atoms with E-state index in [1.807, 2.05) is 21.1 Å². The van der Waals surface area contributed by atoms with Gasteiger partial charge in [0.15, 0.2) is 6.10 Å². The number of rotatable bonds is 66. The highest BCUT2D eigenvalue weighted by molar-refractivity contribution is 5.71. The van der Waals surface area contributed by atoms with Crippen molar-refractivity contribution in [2.45, 2.75) is 341 Å². The maximum absolute atomic E-state index is 12.9. The second kappa shape index (κ2) is 65.7. The molecular weight excluding hydrogens is 1040 g/mol. The van der Waals surface area contributed by atoms with Crippen molar-refractivity contribution in [3.63, 3.8) is 0 Å². The van der Waals surface area contributed by atoms with Crippen LogP contribution in [0.25, 0.3) is 0 Å². The first kappa shape index (κ1) is 80.7. The summed E-state index contributed by atoms with van der Waals surface area (Å²) in [6, 6.07) is 0. The second-order valence-electron chi connectivity index (χ2n) is 25.2. The number of aliphatic carboxylic acids is 1. The van der Waals surface area contributed by atoms with Gasteiger partial charge in [-0.1, -0.05) is 305 Å². The van der Waals surface area contributed by atoms with Gasteiger partial charge in [0, 0.05) is 12.8 Å². The molecule has 0 aromatic carbocycles. The van der Waals surface area contributed by atoms with Gasteiger partial charge < -0.3 is 28.5 Å². The number of nitrogens with zero attached hydrogens (tertiary/aromatic N) is 1. The molecule has 0 aliphatic rings. The summed E-state index contributed by atoms with van der Waals surface area (Å²) in [7, 11) is 5.98. The predicted octanol–water partition coefficient (Wildman–Crippen LogP) is 22.1. The number of esters is 2. The largest absolute Gasteiger partial charge is 0.477 e. The molecule has 0 amide bonds. The van der Waals surface area contributed by atoms with Crippen LogP contribution in [0, 0.1) is 0 Å². The summed E-state index contributed by atoms with van der Waals surface area (Å²) >= 11 is 0. The van der Waals surface area contributed by atoms with Gasteiger partial charge in [-0.2, -0.15) is 0 Å². The van der Waals surface area contributed by atoms with E-state index in [0.29, 0.717) is 17.4 Å². The highest BCUT2D eigenvalue weighted by atomic mass is 16.7. The van der Waals surface area contributed by atoms with E-state index in [4.69, 9.17) is 18.9 Å². The SMILES string of the molecule is CC/C=C\C/C=C\C/C=C\C/C=C\CCCCCCCCCCCCCCCCCCCCCCCCCCCCCCC(=O)OC(COC(=O)CCCCCCCCC/C=C\C/C=C\CCCCCC)COC(OCC[N+](C)(C)C)C(=O)O. The van der Waals surface area contributed by atoms with Crippen molar-refractivity contribution in [3.05, 3.63) is 72.9 Å². The fraction of sp³-hybridized carbons (Fsp3) is 0.800. The van der Waals surface area contributed by atoms with Crippen LogP contribution in [0.2, 0.25) is 0 Å². The fourth-order valence-corrected chi connectivity index (χ4v) is 10.3. The molecule has 0 fully saturated rings. The molecule has 0 aliphatic heterocycles. The Balaban J connectivity index is 3.94. The Morgan fingerprint density at radius 3 is 1.01 bits per heavy atom. The lowest BCUT2D eigenvalue weighted by Gasteiger charge is -2.25. The van der Waals surface area contributed by atoms with Crippen molar-refractivity contribution >= 4 is 17.9 Å². The summed E-state index contributed by atoms with van der Waals surface area (Å²) in [5.41, 5.74) is 0. The number of hydrogen-bond acceptors (Lipinski definition) is 7. The number of carboxylic acid groups (broad SMARTS) is 1.